The summed E-state index contributed by atoms with van der Waals surface area (Å²) >= 11 is 0. The number of sulfonamides is 1. The Morgan fingerprint density at radius 3 is 2.43 bits per heavy atom. The summed E-state index contributed by atoms with van der Waals surface area (Å²) in [6, 6.07) is 13.3. The number of anilines is 1. The quantitative estimate of drug-likeness (QED) is 0.198. The van der Waals surface area contributed by atoms with Gasteiger partial charge in [-0.3, -0.25) is 19.7 Å². The molecule has 0 saturated heterocycles. The van der Waals surface area contributed by atoms with Crippen LogP contribution < -0.4 is 15.4 Å². The van der Waals surface area contributed by atoms with Gasteiger partial charge in [-0.1, -0.05) is 50.2 Å². The third kappa shape index (κ3) is 6.19. The largest absolute Gasteiger partial charge is 0.480 e. The Bertz CT molecular complexity index is 1530. The highest BCUT2D eigenvalue weighted by molar-refractivity contribution is 7.89. The van der Waals surface area contributed by atoms with E-state index in [0.29, 0.717) is 29.9 Å². The predicted octanol–water partition coefficient (Wildman–Crippen LogP) is 3.90. The van der Waals surface area contributed by atoms with Gasteiger partial charge in [0, 0.05) is 23.6 Å². The van der Waals surface area contributed by atoms with Gasteiger partial charge >= 0.3 is 5.97 Å². The number of aliphatic carboxylic acids is 1. The molecule has 0 aromatic heterocycles. The summed E-state index contributed by atoms with van der Waals surface area (Å²) < 4.78 is 28.8. The van der Waals surface area contributed by atoms with Crippen LogP contribution in [0.15, 0.2) is 60.6 Å². The zero-order chi connectivity index (χ0) is 30.3. The van der Waals surface area contributed by atoms with Gasteiger partial charge < -0.3 is 15.7 Å². The molecule has 3 aliphatic rings. The molecule has 12 heteroatoms. The number of fused-ring (bicyclic) bond motifs is 2. The first-order valence-corrected chi connectivity index (χ1v) is 15.8. The molecule has 2 unspecified atom stereocenters. The van der Waals surface area contributed by atoms with Crippen molar-refractivity contribution < 1.29 is 28.0 Å². The van der Waals surface area contributed by atoms with Crippen molar-refractivity contribution in [3.05, 3.63) is 76.2 Å². The first-order valence-electron chi connectivity index (χ1n) is 14.1. The summed E-state index contributed by atoms with van der Waals surface area (Å²) in [4.78, 5) is 35.4. The van der Waals surface area contributed by atoms with Gasteiger partial charge in [0.1, 0.15) is 11.8 Å². The number of ketones is 1. The lowest BCUT2D eigenvalue weighted by Crippen LogP contribution is -2.49. The first kappa shape index (κ1) is 29.7. The number of benzene rings is 2. The number of carbonyl (C=O) groups excluding carboxylic acids is 1. The number of hydrogen-bond donors (Lipinski definition) is 4. The molecule has 11 nitrogen and oxygen atoms in total. The fourth-order valence-electron chi connectivity index (χ4n) is 6.53. The van der Waals surface area contributed by atoms with Crippen LogP contribution in [-0.2, 0) is 26.0 Å². The van der Waals surface area contributed by atoms with E-state index in [0.717, 1.165) is 36.6 Å². The number of rotatable bonds is 13. The summed E-state index contributed by atoms with van der Waals surface area (Å²) in [5.41, 5.74) is 1.54. The molecule has 224 valence electrons. The van der Waals surface area contributed by atoms with Gasteiger partial charge in [0.15, 0.2) is 5.82 Å². The Kier molecular flexibility index (Phi) is 7.88. The summed E-state index contributed by atoms with van der Waals surface area (Å²) in [6.07, 6.45) is 4.46. The highest BCUT2D eigenvalue weighted by Crippen LogP contribution is 2.64. The maximum absolute atomic E-state index is 13.2. The fraction of sp³-hybridized carbons (Fsp3) is 0.467. The number of nitrogens with zero attached hydrogens (tertiary/aromatic N) is 1. The van der Waals surface area contributed by atoms with Crippen molar-refractivity contribution in [2.24, 2.45) is 16.7 Å². The van der Waals surface area contributed by atoms with Crippen LogP contribution >= 0.6 is 0 Å². The monoisotopic (exact) mass is 596 g/mol. The first-order chi connectivity index (χ1) is 19.8. The molecule has 3 saturated carbocycles. The van der Waals surface area contributed by atoms with Gasteiger partial charge in [-0.2, -0.15) is 0 Å². The van der Waals surface area contributed by atoms with E-state index in [1.165, 1.54) is 0 Å². The summed E-state index contributed by atoms with van der Waals surface area (Å²) in [5.74, 6) is -1.27. The fourth-order valence-corrected chi connectivity index (χ4v) is 8.56. The number of hydrogen-bond acceptors (Lipinski definition) is 8. The lowest BCUT2D eigenvalue weighted by Gasteiger charge is -2.36. The van der Waals surface area contributed by atoms with E-state index in [2.05, 4.69) is 15.4 Å². The van der Waals surface area contributed by atoms with E-state index in [1.54, 1.807) is 18.2 Å². The van der Waals surface area contributed by atoms with Crippen LogP contribution in [0, 0.1) is 26.9 Å². The van der Waals surface area contributed by atoms with E-state index in [1.807, 2.05) is 44.2 Å². The Hall–Kier alpha value is -3.77. The molecule has 0 radical (unpaired) electrons. The third-order valence-corrected chi connectivity index (χ3v) is 10.8. The molecule has 2 aromatic carbocycles. The topological polar surface area (TPSA) is 168 Å². The predicted molar refractivity (Wildman–Crippen MR) is 157 cm³/mol. The van der Waals surface area contributed by atoms with Crippen LogP contribution in [0.1, 0.15) is 51.5 Å². The lowest BCUT2D eigenvalue weighted by atomic mass is 9.70. The van der Waals surface area contributed by atoms with Gasteiger partial charge in [-0.05, 0) is 72.3 Å². The van der Waals surface area contributed by atoms with Crippen LogP contribution in [0.3, 0.4) is 0 Å². The van der Waals surface area contributed by atoms with Crippen LogP contribution in [0.2, 0.25) is 0 Å². The number of nitro groups is 1. The molecule has 2 bridgehead atoms. The van der Waals surface area contributed by atoms with Crippen LogP contribution in [0.25, 0.3) is 11.1 Å². The van der Waals surface area contributed by atoms with Crippen molar-refractivity contribution in [1.29, 1.82) is 0 Å². The second-order valence-corrected chi connectivity index (χ2v) is 14.0. The minimum absolute atomic E-state index is 0.0416. The molecule has 0 heterocycles. The van der Waals surface area contributed by atoms with E-state index in [9.17, 15) is 33.2 Å². The molecule has 3 atom stereocenters. The number of carbonyl (C=O) groups is 2. The molecule has 5 rings (SSSR count). The van der Waals surface area contributed by atoms with Crippen LogP contribution in [0.5, 0.6) is 0 Å². The van der Waals surface area contributed by atoms with E-state index >= 15 is 0 Å². The normalized spacial score (nSPS) is 23.9. The SMILES string of the molecule is CC1(C)C2CCC1(CS(=O)(=O)N[C@@H](Cc1ccc(-c3cccc(N/C(=C/[N+](=O)[O-])NC4CC4)c3)cc1)C(=O)O)C(=O)C2. The second-order valence-electron chi connectivity index (χ2n) is 12.3. The molecule has 0 spiro atoms. The van der Waals surface area contributed by atoms with Crippen molar-refractivity contribution in [3.8, 4) is 11.1 Å². The summed E-state index contributed by atoms with van der Waals surface area (Å²) in [6.45, 7) is 3.89. The zero-order valence-electron chi connectivity index (χ0n) is 23.6. The Morgan fingerprint density at radius 2 is 1.86 bits per heavy atom. The Balaban J connectivity index is 1.26. The van der Waals surface area contributed by atoms with Crippen LogP contribution in [0.4, 0.5) is 5.69 Å². The van der Waals surface area contributed by atoms with Gasteiger partial charge in [0.25, 0.3) is 6.20 Å². The van der Waals surface area contributed by atoms with Crippen molar-refractivity contribution >= 4 is 27.5 Å². The van der Waals surface area contributed by atoms with Gasteiger partial charge in [-0.25, -0.2) is 13.1 Å². The van der Waals surface area contributed by atoms with E-state index in [-0.39, 0.29) is 24.2 Å². The Labute approximate surface area is 245 Å². The summed E-state index contributed by atoms with van der Waals surface area (Å²) in [5, 5.41) is 27.0. The zero-order valence-corrected chi connectivity index (χ0v) is 24.4. The van der Waals surface area contributed by atoms with Gasteiger partial charge in [0.05, 0.1) is 10.7 Å². The maximum Gasteiger partial charge on any atom is 0.322 e. The number of Topliss-reactive ketones (excluding diaryl/α,β-unsaturated/α-hetero) is 1. The molecule has 3 fully saturated rings. The minimum Gasteiger partial charge on any atom is -0.480 e. The molecule has 0 amide bonds. The third-order valence-electron chi connectivity index (χ3n) is 9.24. The minimum atomic E-state index is -4.07. The summed E-state index contributed by atoms with van der Waals surface area (Å²) in [7, 11) is -4.07. The maximum atomic E-state index is 13.2. The van der Waals surface area contributed by atoms with Gasteiger partial charge in [0.2, 0.25) is 10.0 Å². The lowest BCUT2D eigenvalue weighted by molar-refractivity contribution is -0.403. The number of carboxylic acids is 1. The van der Waals surface area contributed by atoms with Crippen molar-refractivity contribution in [1.82, 2.24) is 10.0 Å². The van der Waals surface area contributed by atoms with Crippen molar-refractivity contribution in [3.63, 3.8) is 0 Å². The number of carboxylic acid groups (broad SMARTS) is 1. The standard InChI is InChI=1S/C30H36N4O7S/c1-29(2)22-12-13-30(29,26(35)16-22)18-42(40,41)33-25(28(36)37)14-19-6-8-20(9-7-19)21-4-3-5-24(15-21)32-27(17-34(38)39)31-23-10-11-23/h3-9,15,17,22-23,25,31-33H,10-14,16,18H2,1-2H3,(H,36,37)/b27-17+/t22?,25-,30?/m0/s1. The van der Waals surface area contributed by atoms with E-state index < -0.39 is 43.5 Å². The molecule has 0 aliphatic heterocycles. The molecular formula is C30H36N4O7S. The van der Waals surface area contributed by atoms with Crippen molar-refractivity contribution in [2.75, 3.05) is 11.1 Å². The Morgan fingerprint density at radius 1 is 1.14 bits per heavy atom. The molecule has 2 aromatic rings. The smallest absolute Gasteiger partial charge is 0.322 e. The van der Waals surface area contributed by atoms with Gasteiger partial charge in [-0.15, -0.1) is 0 Å². The average molecular weight is 597 g/mol. The molecule has 42 heavy (non-hydrogen) atoms. The highest BCUT2D eigenvalue weighted by Gasteiger charge is 2.65. The van der Waals surface area contributed by atoms with E-state index in [4.69, 9.17) is 0 Å². The molecule has 3 aliphatic carbocycles. The average Bonchev–Trinajstić information content (AvgIpc) is 3.66. The molecular weight excluding hydrogens is 560 g/mol. The van der Waals surface area contributed by atoms with Crippen molar-refractivity contribution in [2.45, 2.75) is 64.5 Å². The van der Waals surface area contributed by atoms with Crippen LogP contribution in [-0.4, -0.2) is 48.0 Å². The highest BCUT2D eigenvalue weighted by atomic mass is 32.2. The molecule has 4 N–H and O–H groups in total. The second kappa shape index (κ2) is 11.1. The number of nitrogens with one attached hydrogen (secondary N) is 3.